The predicted octanol–water partition coefficient (Wildman–Crippen LogP) is -1.48. The highest BCUT2D eigenvalue weighted by molar-refractivity contribution is 7.87. The lowest BCUT2D eigenvalue weighted by Gasteiger charge is -2.11. The van der Waals surface area contributed by atoms with E-state index in [1.54, 1.807) is 0 Å². The standard InChI is InChI=1S/C4H13N3O2S/c1-2-4(3-5)7-10(6,8)9/h4,7H,2-3,5H2,1H3,(H2,6,8,9). The summed E-state index contributed by atoms with van der Waals surface area (Å²) in [5, 5.41) is 4.69. The number of nitrogens with one attached hydrogen (secondary N) is 1. The molecule has 0 fully saturated rings. The zero-order valence-corrected chi connectivity index (χ0v) is 6.69. The van der Waals surface area contributed by atoms with E-state index in [4.69, 9.17) is 10.9 Å². The molecule has 1 unspecified atom stereocenters. The molecule has 0 saturated carbocycles. The second-order valence-electron chi connectivity index (χ2n) is 2.00. The van der Waals surface area contributed by atoms with Gasteiger partial charge in [-0.25, -0.2) is 5.14 Å². The second-order valence-corrected chi connectivity index (χ2v) is 3.33. The summed E-state index contributed by atoms with van der Waals surface area (Å²) in [7, 11) is -3.58. The molecule has 5 nitrogen and oxygen atoms in total. The smallest absolute Gasteiger partial charge is 0.274 e. The van der Waals surface area contributed by atoms with Crippen LogP contribution in [-0.2, 0) is 10.2 Å². The Balaban J connectivity index is 3.87. The molecule has 6 heteroatoms. The van der Waals surface area contributed by atoms with Gasteiger partial charge in [0.25, 0.3) is 10.2 Å². The maximum absolute atomic E-state index is 10.4. The largest absolute Gasteiger partial charge is 0.329 e. The van der Waals surface area contributed by atoms with E-state index in [0.717, 1.165) is 0 Å². The lowest BCUT2D eigenvalue weighted by molar-refractivity contribution is 0.544. The average Bonchev–Trinajstić information content (AvgIpc) is 1.81. The quantitative estimate of drug-likeness (QED) is 0.476. The third kappa shape index (κ3) is 4.68. The number of hydrogen-bond donors (Lipinski definition) is 3. The van der Waals surface area contributed by atoms with Crippen LogP contribution >= 0.6 is 0 Å². The van der Waals surface area contributed by atoms with Crippen LogP contribution in [0.15, 0.2) is 0 Å². The molecular formula is C4H13N3O2S. The Labute approximate surface area is 61.0 Å². The molecule has 0 aliphatic rings. The Kier molecular flexibility index (Phi) is 3.80. The van der Waals surface area contributed by atoms with Crippen LogP contribution in [0.1, 0.15) is 13.3 Å². The van der Waals surface area contributed by atoms with Crippen molar-refractivity contribution in [2.24, 2.45) is 10.9 Å². The van der Waals surface area contributed by atoms with E-state index in [1.807, 2.05) is 6.92 Å². The third-order valence-corrected chi connectivity index (χ3v) is 1.77. The van der Waals surface area contributed by atoms with Gasteiger partial charge in [-0.05, 0) is 6.42 Å². The molecule has 0 amide bonds. The SMILES string of the molecule is CCC(CN)NS(N)(=O)=O. The molecule has 0 radical (unpaired) electrons. The van der Waals surface area contributed by atoms with E-state index in [2.05, 4.69) is 4.72 Å². The van der Waals surface area contributed by atoms with Crippen LogP contribution in [0.4, 0.5) is 0 Å². The summed E-state index contributed by atoms with van der Waals surface area (Å²) in [6.07, 6.45) is 0.646. The molecule has 0 spiro atoms. The molecule has 0 aromatic carbocycles. The first kappa shape index (κ1) is 9.83. The lowest BCUT2D eigenvalue weighted by atomic mass is 10.2. The molecule has 0 saturated heterocycles. The Hall–Kier alpha value is -0.170. The summed E-state index contributed by atoms with van der Waals surface area (Å²) in [5.74, 6) is 0. The highest BCUT2D eigenvalue weighted by Crippen LogP contribution is 1.87. The molecule has 0 aromatic heterocycles. The van der Waals surface area contributed by atoms with Crippen LogP contribution in [0, 0.1) is 0 Å². The fraction of sp³-hybridized carbons (Fsp3) is 1.00. The minimum absolute atomic E-state index is 0.241. The van der Waals surface area contributed by atoms with Crippen molar-refractivity contribution in [1.29, 1.82) is 0 Å². The molecule has 0 aliphatic carbocycles. The highest BCUT2D eigenvalue weighted by Gasteiger charge is 2.08. The van der Waals surface area contributed by atoms with Gasteiger partial charge in [-0.2, -0.15) is 13.1 Å². The van der Waals surface area contributed by atoms with Gasteiger partial charge in [0.05, 0.1) is 0 Å². The monoisotopic (exact) mass is 167 g/mol. The number of hydrogen-bond acceptors (Lipinski definition) is 3. The summed E-state index contributed by atoms with van der Waals surface area (Å²) >= 11 is 0. The van der Waals surface area contributed by atoms with Crippen LogP contribution in [0.3, 0.4) is 0 Å². The van der Waals surface area contributed by atoms with Crippen LogP contribution < -0.4 is 15.6 Å². The van der Waals surface area contributed by atoms with Crippen LogP contribution in [0.25, 0.3) is 0 Å². The van der Waals surface area contributed by atoms with Crippen molar-refractivity contribution in [2.75, 3.05) is 6.54 Å². The van der Waals surface area contributed by atoms with E-state index in [-0.39, 0.29) is 12.6 Å². The Morgan fingerprint density at radius 3 is 2.20 bits per heavy atom. The van der Waals surface area contributed by atoms with Gasteiger partial charge in [0, 0.05) is 12.6 Å². The summed E-state index contributed by atoms with van der Waals surface area (Å²) in [6, 6.07) is -0.241. The summed E-state index contributed by atoms with van der Waals surface area (Å²) < 4.78 is 22.9. The van der Waals surface area contributed by atoms with E-state index >= 15 is 0 Å². The zero-order valence-electron chi connectivity index (χ0n) is 5.87. The van der Waals surface area contributed by atoms with E-state index in [0.29, 0.717) is 6.42 Å². The molecule has 1 atom stereocenters. The maximum Gasteiger partial charge on any atom is 0.274 e. The molecule has 0 heterocycles. The van der Waals surface area contributed by atoms with Gasteiger partial charge >= 0.3 is 0 Å². The van der Waals surface area contributed by atoms with Crippen molar-refractivity contribution in [2.45, 2.75) is 19.4 Å². The average molecular weight is 167 g/mol. The molecular weight excluding hydrogens is 154 g/mol. The number of nitrogens with two attached hydrogens (primary N) is 2. The Bertz CT molecular complexity index is 173. The van der Waals surface area contributed by atoms with Gasteiger partial charge in [-0.3, -0.25) is 0 Å². The van der Waals surface area contributed by atoms with E-state index in [1.165, 1.54) is 0 Å². The Morgan fingerprint density at radius 2 is 2.10 bits per heavy atom. The minimum atomic E-state index is -3.58. The van der Waals surface area contributed by atoms with Gasteiger partial charge in [0.2, 0.25) is 0 Å². The van der Waals surface area contributed by atoms with Gasteiger partial charge in [0.1, 0.15) is 0 Å². The first-order chi connectivity index (χ1) is 4.49. The molecule has 62 valence electrons. The van der Waals surface area contributed by atoms with Crippen LogP contribution in [0.5, 0.6) is 0 Å². The summed E-state index contributed by atoms with van der Waals surface area (Å²) in [4.78, 5) is 0. The predicted molar refractivity (Wildman–Crippen MR) is 39.4 cm³/mol. The van der Waals surface area contributed by atoms with Crippen molar-refractivity contribution in [3.63, 3.8) is 0 Å². The first-order valence-electron chi connectivity index (χ1n) is 2.99. The molecule has 5 N–H and O–H groups in total. The zero-order chi connectivity index (χ0) is 8.20. The number of rotatable bonds is 4. The summed E-state index contributed by atoms with van der Waals surface area (Å²) in [6.45, 7) is 2.10. The molecule has 0 rings (SSSR count). The van der Waals surface area contributed by atoms with Gasteiger partial charge in [-0.1, -0.05) is 6.92 Å². The minimum Gasteiger partial charge on any atom is -0.329 e. The van der Waals surface area contributed by atoms with Gasteiger partial charge < -0.3 is 5.73 Å². The lowest BCUT2D eigenvalue weighted by Crippen LogP contribution is -2.43. The Morgan fingerprint density at radius 1 is 1.60 bits per heavy atom. The van der Waals surface area contributed by atoms with Crippen molar-refractivity contribution in [1.82, 2.24) is 4.72 Å². The van der Waals surface area contributed by atoms with Crippen LogP contribution in [0.2, 0.25) is 0 Å². The molecule has 0 aromatic rings. The fourth-order valence-corrected chi connectivity index (χ4v) is 1.26. The normalized spacial score (nSPS) is 15.1. The van der Waals surface area contributed by atoms with Crippen LogP contribution in [-0.4, -0.2) is 21.0 Å². The fourth-order valence-electron chi connectivity index (χ4n) is 0.530. The highest BCUT2D eigenvalue weighted by atomic mass is 32.2. The third-order valence-electron chi connectivity index (χ3n) is 1.11. The second kappa shape index (κ2) is 3.87. The molecule has 0 aliphatic heterocycles. The van der Waals surface area contributed by atoms with E-state index < -0.39 is 10.2 Å². The van der Waals surface area contributed by atoms with E-state index in [9.17, 15) is 8.42 Å². The first-order valence-corrected chi connectivity index (χ1v) is 4.54. The van der Waals surface area contributed by atoms with Crippen molar-refractivity contribution in [3.8, 4) is 0 Å². The van der Waals surface area contributed by atoms with Crippen molar-refractivity contribution in [3.05, 3.63) is 0 Å². The van der Waals surface area contributed by atoms with Gasteiger partial charge in [0.15, 0.2) is 0 Å². The van der Waals surface area contributed by atoms with Crippen molar-refractivity contribution >= 4 is 10.2 Å². The topological polar surface area (TPSA) is 98.2 Å². The molecule has 10 heavy (non-hydrogen) atoms. The van der Waals surface area contributed by atoms with Gasteiger partial charge in [-0.15, -0.1) is 0 Å². The summed E-state index contributed by atoms with van der Waals surface area (Å²) in [5.41, 5.74) is 5.21. The maximum atomic E-state index is 10.4. The van der Waals surface area contributed by atoms with Crippen molar-refractivity contribution < 1.29 is 8.42 Å². The molecule has 0 bridgehead atoms.